The van der Waals surface area contributed by atoms with Crippen LogP contribution in [0.2, 0.25) is 0 Å². The Morgan fingerprint density at radius 1 is 1.00 bits per heavy atom. The van der Waals surface area contributed by atoms with Gasteiger partial charge in [0, 0.05) is 32.3 Å². The van der Waals surface area contributed by atoms with Crippen molar-refractivity contribution in [3.05, 3.63) is 120 Å². The molecule has 0 radical (unpaired) electrons. The predicted octanol–water partition coefficient (Wildman–Crippen LogP) is 7.35. The Labute approximate surface area is 235 Å². The third-order valence-electron chi connectivity index (χ3n) is 6.84. The maximum Gasteiger partial charge on any atom is 0.258 e. The van der Waals surface area contributed by atoms with Gasteiger partial charge in [0.1, 0.15) is 11.6 Å². The monoisotopic (exact) mass is 536 g/mol. The first kappa shape index (κ1) is 26.8. The Kier molecular flexibility index (Phi) is 8.01. The number of hydrogen-bond donors (Lipinski definition) is 1. The molecule has 6 nitrogen and oxygen atoms in total. The number of anilines is 1. The largest absolute Gasteiger partial charge is 0.497 e. The second kappa shape index (κ2) is 11.9. The first-order valence-electron chi connectivity index (χ1n) is 13.2. The maximum atomic E-state index is 15.0. The second-order valence-electron chi connectivity index (χ2n) is 9.81. The first-order chi connectivity index (χ1) is 19.4. The molecule has 1 N–H and O–H groups in total. The van der Waals surface area contributed by atoms with E-state index in [0.717, 1.165) is 21.9 Å². The number of carbonyl (C=O) groups excluding carboxylic acids is 1. The minimum atomic E-state index is -0.459. The number of nitrogens with zero attached hydrogens (tertiary/aromatic N) is 3. The minimum absolute atomic E-state index is 0. The molecular weight excluding hydrogens is 503 g/mol. The molecule has 0 fully saturated rings. The van der Waals surface area contributed by atoms with Crippen molar-refractivity contribution in [3.63, 3.8) is 0 Å². The van der Waals surface area contributed by atoms with Gasteiger partial charge in [-0.25, -0.2) is 14.4 Å². The molecule has 0 atom stereocenters. The van der Waals surface area contributed by atoms with Crippen LogP contribution in [0.15, 0.2) is 97.2 Å². The third-order valence-corrected chi connectivity index (χ3v) is 6.84. The molecule has 0 aliphatic heterocycles. The summed E-state index contributed by atoms with van der Waals surface area (Å²) >= 11 is 0. The van der Waals surface area contributed by atoms with E-state index in [0.29, 0.717) is 24.8 Å². The van der Waals surface area contributed by atoms with Crippen LogP contribution in [0.25, 0.3) is 22.0 Å². The summed E-state index contributed by atoms with van der Waals surface area (Å²) < 4.78 is 20.4. The summed E-state index contributed by atoms with van der Waals surface area (Å²) in [6.07, 6.45) is 1.49. The van der Waals surface area contributed by atoms with E-state index in [1.165, 1.54) is 12.3 Å². The van der Waals surface area contributed by atoms with Crippen LogP contribution < -0.4 is 10.1 Å². The standard InChI is InChI=1S/C33H31FN4O2.H2/c1-22(2)38(21-23-10-8-14-26(18-23)40-3)32(39)29-20-36-33(37-31(29)28-16-6-7-17-30(28)34)35-19-25-13-9-12-24-11-4-5-15-27(24)25;/h4-18,20,22H,19,21H2,1-3H3,(H,35,36,37);1H. The summed E-state index contributed by atoms with van der Waals surface area (Å²) in [6.45, 7) is 4.72. The third kappa shape index (κ3) is 5.78. The number of ether oxygens (including phenoxy) is 1. The predicted molar refractivity (Wildman–Crippen MR) is 159 cm³/mol. The van der Waals surface area contributed by atoms with Gasteiger partial charge in [-0.2, -0.15) is 0 Å². The lowest BCUT2D eigenvalue weighted by atomic mass is 10.0. The fourth-order valence-electron chi connectivity index (χ4n) is 4.71. The zero-order chi connectivity index (χ0) is 28.1. The summed E-state index contributed by atoms with van der Waals surface area (Å²) in [6, 6.07) is 28.1. The van der Waals surface area contributed by atoms with Gasteiger partial charge in [-0.05, 0) is 60.0 Å². The van der Waals surface area contributed by atoms with Crippen molar-refractivity contribution < 1.29 is 15.3 Å². The zero-order valence-electron chi connectivity index (χ0n) is 22.8. The van der Waals surface area contributed by atoms with E-state index in [9.17, 15) is 4.79 Å². The van der Waals surface area contributed by atoms with Crippen molar-refractivity contribution in [3.8, 4) is 17.0 Å². The van der Waals surface area contributed by atoms with E-state index in [4.69, 9.17) is 4.74 Å². The van der Waals surface area contributed by atoms with E-state index in [2.05, 4.69) is 33.5 Å². The maximum absolute atomic E-state index is 15.0. The van der Waals surface area contributed by atoms with Crippen LogP contribution in [-0.2, 0) is 13.1 Å². The van der Waals surface area contributed by atoms with E-state index < -0.39 is 5.82 Å². The molecule has 40 heavy (non-hydrogen) atoms. The molecule has 0 aliphatic rings. The summed E-state index contributed by atoms with van der Waals surface area (Å²) in [7, 11) is 1.61. The summed E-state index contributed by atoms with van der Waals surface area (Å²) in [5.41, 5.74) is 2.72. The lowest BCUT2D eigenvalue weighted by molar-refractivity contribution is 0.0690. The number of rotatable bonds is 9. The van der Waals surface area contributed by atoms with Crippen molar-refractivity contribution in [2.75, 3.05) is 12.4 Å². The fraction of sp³-hybridized carbons (Fsp3) is 0.182. The Balaban J connectivity index is 0.00000387. The summed E-state index contributed by atoms with van der Waals surface area (Å²) in [5, 5.41) is 5.54. The average Bonchev–Trinajstić information content (AvgIpc) is 2.98. The van der Waals surface area contributed by atoms with Gasteiger partial charge in [0.25, 0.3) is 5.91 Å². The van der Waals surface area contributed by atoms with Crippen LogP contribution in [0.1, 0.15) is 36.8 Å². The van der Waals surface area contributed by atoms with Crippen molar-refractivity contribution in [1.82, 2.24) is 14.9 Å². The highest BCUT2D eigenvalue weighted by atomic mass is 19.1. The van der Waals surface area contributed by atoms with Gasteiger partial charge in [-0.15, -0.1) is 0 Å². The van der Waals surface area contributed by atoms with Crippen LogP contribution >= 0.6 is 0 Å². The Bertz CT molecular complexity index is 1650. The van der Waals surface area contributed by atoms with Gasteiger partial charge < -0.3 is 15.0 Å². The van der Waals surface area contributed by atoms with Crippen molar-refractivity contribution in [1.29, 1.82) is 0 Å². The van der Waals surface area contributed by atoms with Crippen LogP contribution in [0.5, 0.6) is 5.75 Å². The molecule has 0 aliphatic carbocycles. The highest BCUT2D eigenvalue weighted by Crippen LogP contribution is 2.28. The normalized spacial score (nSPS) is 11.0. The number of halogens is 1. The van der Waals surface area contributed by atoms with Crippen LogP contribution in [0.4, 0.5) is 10.3 Å². The number of carbonyl (C=O) groups is 1. The molecule has 0 saturated heterocycles. The molecule has 1 amide bonds. The van der Waals surface area contributed by atoms with Gasteiger partial charge in [0.15, 0.2) is 0 Å². The van der Waals surface area contributed by atoms with Crippen molar-refractivity contribution >= 4 is 22.6 Å². The Morgan fingerprint density at radius 3 is 2.55 bits per heavy atom. The van der Waals surface area contributed by atoms with Gasteiger partial charge in [0.05, 0.1) is 18.4 Å². The molecule has 5 aromatic rings. The van der Waals surface area contributed by atoms with Crippen LogP contribution in [-0.4, -0.2) is 33.9 Å². The molecule has 5 rings (SSSR count). The SMILES string of the molecule is COc1cccc(CN(C(=O)c2cnc(NCc3cccc4ccccc34)nc2-c2ccccc2F)C(C)C)c1.[HH]. The summed E-state index contributed by atoms with van der Waals surface area (Å²) in [5.74, 6) is 0.285. The minimum Gasteiger partial charge on any atom is -0.497 e. The molecule has 204 valence electrons. The molecule has 0 bridgehead atoms. The number of nitrogens with one attached hydrogen (secondary N) is 1. The van der Waals surface area contributed by atoms with E-state index in [1.807, 2.05) is 62.4 Å². The highest BCUT2D eigenvalue weighted by Gasteiger charge is 2.25. The molecule has 1 aromatic heterocycles. The lowest BCUT2D eigenvalue weighted by Gasteiger charge is -2.28. The number of fused-ring (bicyclic) bond motifs is 1. The molecule has 4 aromatic carbocycles. The molecule has 1 heterocycles. The van der Waals surface area contributed by atoms with E-state index >= 15 is 4.39 Å². The zero-order valence-corrected chi connectivity index (χ0v) is 22.8. The van der Waals surface area contributed by atoms with Crippen molar-refractivity contribution in [2.45, 2.75) is 33.0 Å². The molecule has 7 heteroatoms. The second-order valence-corrected chi connectivity index (χ2v) is 9.81. The highest BCUT2D eigenvalue weighted by molar-refractivity contribution is 6.00. The Hall–Kier alpha value is -4.78. The van der Waals surface area contributed by atoms with E-state index in [-0.39, 0.29) is 30.2 Å². The van der Waals surface area contributed by atoms with Gasteiger partial charge in [-0.1, -0.05) is 66.7 Å². The number of hydrogen-bond acceptors (Lipinski definition) is 5. The van der Waals surface area contributed by atoms with Crippen LogP contribution in [0, 0.1) is 5.82 Å². The topological polar surface area (TPSA) is 67.3 Å². The van der Waals surface area contributed by atoms with Gasteiger partial charge in [0.2, 0.25) is 5.95 Å². The average molecular weight is 537 g/mol. The first-order valence-corrected chi connectivity index (χ1v) is 13.2. The van der Waals surface area contributed by atoms with E-state index in [1.54, 1.807) is 30.2 Å². The summed E-state index contributed by atoms with van der Waals surface area (Å²) in [4.78, 5) is 24.8. The molecule has 0 unspecified atom stereocenters. The number of amides is 1. The fourth-order valence-corrected chi connectivity index (χ4v) is 4.71. The van der Waals surface area contributed by atoms with Crippen molar-refractivity contribution in [2.24, 2.45) is 0 Å². The van der Waals surface area contributed by atoms with Gasteiger partial charge >= 0.3 is 0 Å². The smallest absolute Gasteiger partial charge is 0.258 e. The molecule has 0 saturated carbocycles. The van der Waals surface area contributed by atoms with Crippen LogP contribution in [0.3, 0.4) is 0 Å². The van der Waals surface area contributed by atoms with Gasteiger partial charge in [-0.3, -0.25) is 4.79 Å². The number of methoxy groups -OCH3 is 1. The molecular formula is C33H33FN4O2. The lowest BCUT2D eigenvalue weighted by Crippen LogP contribution is -2.37. The Morgan fingerprint density at radius 2 is 1.75 bits per heavy atom. The quantitative estimate of drug-likeness (QED) is 0.213. The number of benzene rings is 4. The molecule has 0 spiro atoms. The number of aromatic nitrogens is 2.